The van der Waals surface area contributed by atoms with E-state index in [9.17, 15) is 9.59 Å². The minimum absolute atomic E-state index is 0. The summed E-state index contributed by atoms with van der Waals surface area (Å²) in [7, 11) is 0. The fourth-order valence-corrected chi connectivity index (χ4v) is 2.68. The highest BCUT2D eigenvalue weighted by molar-refractivity contribution is 5.85. The average molecular weight is 305 g/mol. The largest absolute Gasteiger partial charge is 0.338 e. The van der Waals surface area contributed by atoms with Crippen molar-refractivity contribution in [2.45, 2.75) is 32.2 Å². The molecule has 2 N–H and O–H groups in total. The summed E-state index contributed by atoms with van der Waals surface area (Å²) in [5, 5.41) is 6.08. The standard InChI is InChI=1S/C13H24N4O2.ClH/c1-2-14-13(19)17-9-7-16(8-10-17)12(18)11-5-3-4-6-15-11;/h11,15H,2-10H2,1H3,(H,14,19);1H/t11-;/m1./s1. The van der Waals surface area contributed by atoms with E-state index in [2.05, 4.69) is 10.6 Å². The molecule has 2 aliphatic heterocycles. The number of piperazine rings is 1. The third-order valence-corrected chi connectivity index (χ3v) is 3.81. The Kier molecular flexibility index (Phi) is 7.09. The zero-order chi connectivity index (χ0) is 13.7. The molecule has 1 atom stereocenters. The van der Waals surface area contributed by atoms with E-state index in [4.69, 9.17) is 0 Å². The van der Waals surface area contributed by atoms with Crippen LogP contribution in [0.25, 0.3) is 0 Å². The fourth-order valence-electron chi connectivity index (χ4n) is 2.68. The molecule has 6 nitrogen and oxygen atoms in total. The van der Waals surface area contributed by atoms with Gasteiger partial charge in [0.15, 0.2) is 0 Å². The molecular weight excluding hydrogens is 280 g/mol. The van der Waals surface area contributed by atoms with Gasteiger partial charge in [0, 0.05) is 32.7 Å². The van der Waals surface area contributed by atoms with Crippen LogP contribution in [0.5, 0.6) is 0 Å². The van der Waals surface area contributed by atoms with Gasteiger partial charge in [0.2, 0.25) is 5.91 Å². The summed E-state index contributed by atoms with van der Waals surface area (Å²) < 4.78 is 0. The van der Waals surface area contributed by atoms with Gasteiger partial charge in [-0.15, -0.1) is 12.4 Å². The Morgan fingerprint density at radius 3 is 2.35 bits per heavy atom. The molecule has 0 aromatic rings. The van der Waals surface area contributed by atoms with Crippen molar-refractivity contribution < 1.29 is 9.59 Å². The number of hydrogen-bond donors (Lipinski definition) is 2. The maximum absolute atomic E-state index is 12.3. The molecule has 3 amide bonds. The lowest BCUT2D eigenvalue weighted by atomic mass is 10.0. The molecule has 2 aliphatic rings. The lowest BCUT2D eigenvalue weighted by Crippen LogP contribution is -2.57. The number of nitrogens with one attached hydrogen (secondary N) is 2. The zero-order valence-electron chi connectivity index (χ0n) is 12.1. The second-order valence-corrected chi connectivity index (χ2v) is 5.15. The first-order valence-electron chi connectivity index (χ1n) is 7.27. The first-order chi connectivity index (χ1) is 9.22. The summed E-state index contributed by atoms with van der Waals surface area (Å²) in [6.07, 6.45) is 3.23. The molecule has 2 heterocycles. The van der Waals surface area contributed by atoms with Gasteiger partial charge < -0.3 is 20.4 Å². The minimum Gasteiger partial charge on any atom is -0.338 e. The predicted octanol–water partition coefficient (Wildman–Crippen LogP) is 0.424. The van der Waals surface area contributed by atoms with Crippen LogP contribution in [0.4, 0.5) is 4.79 Å². The van der Waals surface area contributed by atoms with E-state index >= 15 is 0 Å². The van der Waals surface area contributed by atoms with Gasteiger partial charge >= 0.3 is 6.03 Å². The number of piperidine rings is 1. The summed E-state index contributed by atoms with van der Waals surface area (Å²) in [6.45, 7) is 6.04. The molecule has 2 rings (SSSR count). The van der Waals surface area contributed by atoms with E-state index in [0.29, 0.717) is 32.7 Å². The molecule has 0 radical (unpaired) electrons. The van der Waals surface area contributed by atoms with Crippen LogP contribution in [0.15, 0.2) is 0 Å². The van der Waals surface area contributed by atoms with Gasteiger partial charge in [-0.05, 0) is 26.3 Å². The van der Waals surface area contributed by atoms with Crippen LogP contribution < -0.4 is 10.6 Å². The molecular formula is C13H25ClN4O2. The van der Waals surface area contributed by atoms with Gasteiger partial charge in [-0.25, -0.2) is 4.79 Å². The molecule has 7 heteroatoms. The molecule has 116 valence electrons. The van der Waals surface area contributed by atoms with Crippen LogP contribution in [0.2, 0.25) is 0 Å². The van der Waals surface area contributed by atoms with Crippen LogP contribution in [-0.4, -0.2) is 67.0 Å². The van der Waals surface area contributed by atoms with Gasteiger partial charge in [-0.3, -0.25) is 4.79 Å². The number of halogens is 1. The van der Waals surface area contributed by atoms with Gasteiger partial charge in [-0.2, -0.15) is 0 Å². The minimum atomic E-state index is -0.0228. The van der Waals surface area contributed by atoms with Crippen molar-refractivity contribution in [2.24, 2.45) is 0 Å². The smallest absolute Gasteiger partial charge is 0.317 e. The van der Waals surface area contributed by atoms with E-state index in [1.54, 1.807) is 4.90 Å². The molecule has 2 fully saturated rings. The number of carbonyl (C=O) groups is 2. The normalized spacial score (nSPS) is 22.9. The Bertz CT molecular complexity index is 326. The van der Waals surface area contributed by atoms with Crippen molar-refractivity contribution in [1.82, 2.24) is 20.4 Å². The monoisotopic (exact) mass is 304 g/mol. The van der Waals surface area contributed by atoms with Crippen LogP contribution >= 0.6 is 12.4 Å². The highest BCUT2D eigenvalue weighted by Gasteiger charge is 2.29. The van der Waals surface area contributed by atoms with Crippen molar-refractivity contribution in [3.8, 4) is 0 Å². The summed E-state index contributed by atoms with van der Waals surface area (Å²) in [5.74, 6) is 0.204. The van der Waals surface area contributed by atoms with E-state index in [0.717, 1.165) is 25.8 Å². The topological polar surface area (TPSA) is 64.7 Å². The summed E-state index contributed by atoms with van der Waals surface area (Å²) in [4.78, 5) is 27.6. The summed E-state index contributed by atoms with van der Waals surface area (Å²) in [5.41, 5.74) is 0. The Morgan fingerprint density at radius 1 is 1.15 bits per heavy atom. The van der Waals surface area contributed by atoms with Crippen molar-refractivity contribution >= 4 is 24.3 Å². The van der Waals surface area contributed by atoms with Crippen molar-refractivity contribution in [1.29, 1.82) is 0 Å². The molecule has 0 bridgehead atoms. The number of rotatable bonds is 2. The third kappa shape index (κ3) is 4.24. The van der Waals surface area contributed by atoms with Crippen molar-refractivity contribution in [3.05, 3.63) is 0 Å². The molecule has 0 aromatic carbocycles. The van der Waals surface area contributed by atoms with Crippen molar-refractivity contribution in [3.63, 3.8) is 0 Å². The SMILES string of the molecule is CCNC(=O)N1CCN(C(=O)[C@H]2CCCCN2)CC1.Cl. The highest BCUT2D eigenvalue weighted by Crippen LogP contribution is 2.11. The predicted molar refractivity (Wildman–Crippen MR) is 80.1 cm³/mol. The quantitative estimate of drug-likeness (QED) is 0.777. The lowest BCUT2D eigenvalue weighted by Gasteiger charge is -2.37. The summed E-state index contributed by atoms with van der Waals surface area (Å²) >= 11 is 0. The Morgan fingerprint density at radius 2 is 1.80 bits per heavy atom. The summed E-state index contributed by atoms with van der Waals surface area (Å²) in [6, 6.07) is -0.0323. The van der Waals surface area contributed by atoms with E-state index in [1.807, 2.05) is 11.8 Å². The number of nitrogens with zero attached hydrogens (tertiary/aromatic N) is 2. The van der Waals surface area contributed by atoms with Crippen LogP contribution in [0, 0.1) is 0 Å². The molecule has 20 heavy (non-hydrogen) atoms. The van der Waals surface area contributed by atoms with Gasteiger partial charge in [-0.1, -0.05) is 6.42 Å². The molecule has 0 aromatic heterocycles. The van der Waals surface area contributed by atoms with E-state index < -0.39 is 0 Å². The second kappa shape index (κ2) is 8.32. The number of hydrogen-bond acceptors (Lipinski definition) is 3. The number of urea groups is 1. The van der Waals surface area contributed by atoms with Gasteiger partial charge in [0.1, 0.15) is 0 Å². The molecule has 0 saturated carbocycles. The van der Waals surface area contributed by atoms with E-state index in [-0.39, 0.29) is 30.4 Å². The third-order valence-electron chi connectivity index (χ3n) is 3.81. The zero-order valence-corrected chi connectivity index (χ0v) is 12.9. The van der Waals surface area contributed by atoms with E-state index in [1.165, 1.54) is 0 Å². The van der Waals surface area contributed by atoms with Crippen LogP contribution in [0.3, 0.4) is 0 Å². The first-order valence-corrected chi connectivity index (χ1v) is 7.27. The average Bonchev–Trinajstić information content (AvgIpc) is 2.48. The second-order valence-electron chi connectivity index (χ2n) is 5.15. The van der Waals surface area contributed by atoms with Gasteiger partial charge in [0.25, 0.3) is 0 Å². The molecule has 0 spiro atoms. The highest BCUT2D eigenvalue weighted by atomic mass is 35.5. The Labute approximate surface area is 126 Å². The Hall–Kier alpha value is -1.01. The first kappa shape index (κ1) is 17.0. The number of amides is 3. The Balaban J connectivity index is 0.00000200. The van der Waals surface area contributed by atoms with Crippen LogP contribution in [0.1, 0.15) is 26.2 Å². The molecule has 0 aliphatic carbocycles. The maximum Gasteiger partial charge on any atom is 0.317 e. The maximum atomic E-state index is 12.3. The molecule has 2 saturated heterocycles. The van der Waals surface area contributed by atoms with Crippen LogP contribution in [-0.2, 0) is 4.79 Å². The number of carbonyl (C=O) groups excluding carboxylic acids is 2. The lowest BCUT2D eigenvalue weighted by molar-refractivity contribution is -0.135. The fraction of sp³-hybridized carbons (Fsp3) is 0.846. The van der Waals surface area contributed by atoms with Crippen molar-refractivity contribution in [2.75, 3.05) is 39.3 Å². The molecule has 0 unspecified atom stereocenters. The van der Waals surface area contributed by atoms with Gasteiger partial charge in [0.05, 0.1) is 6.04 Å².